The molecule has 0 radical (unpaired) electrons. The Balaban J connectivity index is 1.42. The molecule has 2 aliphatic rings. The van der Waals surface area contributed by atoms with E-state index in [4.69, 9.17) is 9.47 Å². The number of hydrogen-bond donors (Lipinski definition) is 0. The number of hydrogen-bond acceptors (Lipinski definition) is 3. The maximum Gasteiger partial charge on any atom is 0.222 e. The van der Waals surface area contributed by atoms with Crippen molar-refractivity contribution in [1.82, 2.24) is 4.90 Å². The van der Waals surface area contributed by atoms with Gasteiger partial charge in [0.05, 0.1) is 13.2 Å². The van der Waals surface area contributed by atoms with Crippen LogP contribution in [-0.2, 0) is 20.7 Å². The molecular weight excluding hydrogens is 302 g/mol. The predicted molar refractivity (Wildman–Crippen MR) is 93.8 cm³/mol. The van der Waals surface area contributed by atoms with Crippen molar-refractivity contribution in [3.63, 3.8) is 0 Å². The summed E-state index contributed by atoms with van der Waals surface area (Å²) in [6.07, 6.45) is 3.36. The van der Waals surface area contributed by atoms with Crippen molar-refractivity contribution in [3.05, 3.63) is 35.4 Å². The Labute approximate surface area is 145 Å². The highest BCUT2D eigenvalue weighted by molar-refractivity contribution is 5.76. The Morgan fingerprint density at radius 2 is 1.75 bits per heavy atom. The third kappa shape index (κ3) is 4.37. The molecule has 2 aliphatic heterocycles. The number of carbonyl (C=O) groups excluding carboxylic acids is 1. The average molecular weight is 331 g/mol. The maximum absolute atomic E-state index is 12.4. The fraction of sp³-hybridized carbons (Fsp3) is 0.650. The Bertz CT molecular complexity index is 526. The maximum atomic E-state index is 12.4. The molecule has 2 fully saturated rings. The highest BCUT2D eigenvalue weighted by atomic mass is 16.7. The van der Waals surface area contributed by atoms with Gasteiger partial charge in [0.25, 0.3) is 0 Å². The third-order valence-corrected chi connectivity index (χ3v) is 5.20. The molecule has 24 heavy (non-hydrogen) atoms. The number of amides is 1. The van der Waals surface area contributed by atoms with E-state index in [0.717, 1.165) is 32.4 Å². The molecule has 4 heteroatoms. The topological polar surface area (TPSA) is 38.8 Å². The van der Waals surface area contributed by atoms with Gasteiger partial charge in [0.1, 0.15) is 0 Å². The van der Waals surface area contributed by atoms with Gasteiger partial charge in [0.2, 0.25) is 5.91 Å². The number of rotatable bonds is 5. The molecule has 4 nitrogen and oxygen atoms in total. The Morgan fingerprint density at radius 3 is 2.33 bits per heavy atom. The molecule has 1 amide bonds. The van der Waals surface area contributed by atoms with Gasteiger partial charge in [-0.3, -0.25) is 4.79 Å². The van der Waals surface area contributed by atoms with Crippen LogP contribution >= 0.6 is 0 Å². The monoisotopic (exact) mass is 331 g/mol. The first-order valence-corrected chi connectivity index (χ1v) is 9.23. The van der Waals surface area contributed by atoms with E-state index < -0.39 is 0 Å². The van der Waals surface area contributed by atoms with Gasteiger partial charge in [-0.15, -0.1) is 0 Å². The molecule has 1 aromatic carbocycles. The van der Waals surface area contributed by atoms with Crippen LogP contribution in [0.25, 0.3) is 0 Å². The molecular formula is C20H29NO3. The number of likely N-dealkylation sites (tertiary alicyclic amines) is 1. The minimum absolute atomic E-state index is 0.0401. The van der Waals surface area contributed by atoms with Crippen LogP contribution in [0.15, 0.2) is 24.3 Å². The molecule has 0 atom stereocenters. The summed E-state index contributed by atoms with van der Waals surface area (Å²) in [6, 6.07) is 8.67. The van der Waals surface area contributed by atoms with Gasteiger partial charge in [-0.05, 0) is 36.3 Å². The highest BCUT2D eigenvalue weighted by Crippen LogP contribution is 2.26. The molecule has 0 bridgehead atoms. The molecule has 0 unspecified atom stereocenters. The van der Waals surface area contributed by atoms with Crippen LogP contribution < -0.4 is 0 Å². The van der Waals surface area contributed by atoms with Gasteiger partial charge in [-0.2, -0.15) is 0 Å². The van der Waals surface area contributed by atoms with Gasteiger partial charge >= 0.3 is 0 Å². The van der Waals surface area contributed by atoms with E-state index >= 15 is 0 Å². The zero-order valence-corrected chi connectivity index (χ0v) is 14.9. The smallest absolute Gasteiger partial charge is 0.222 e. The number of benzene rings is 1. The van der Waals surface area contributed by atoms with E-state index in [1.165, 1.54) is 11.1 Å². The fourth-order valence-electron chi connectivity index (χ4n) is 3.55. The zero-order valence-electron chi connectivity index (χ0n) is 14.9. The number of piperidine rings is 1. The highest BCUT2D eigenvalue weighted by Gasteiger charge is 2.31. The number of carbonyl (C=O) groups is 1. The second-order valence-corrected chi connectivity index (χ2v) is 7.22. The van der Waals surface area contributed by atoms with Crippen LogP contribution in [0.4, 0.5) is 0 Å². The molecule has 1 aromatic rings. The molecule has 0 aliphatic carbocycles. The largest absolute Gasteiger partial charge is 0.350 e. The first-order valence-electron chi connectivity index (χ1n) is 9.23. The SMILES string of the molecule is CC(C)c1ccc(CCC(=O)N2CCC(C3OCCO3)CC2)cc1. The molecule has 3 rings (SSSR count). The van der Waals surface area contributed by atoms with E-state index in [9.17, 15) is 4.79 Å². The molecule has 2 saturated heterocycles. The van der Waals surface area contributed by atoms with Gasteiger partial charge < -0.3 is 14.4 Å². The van der Waals surface area contributed by atoms with Gasteiger partial charge in [-0.1, -0.05) is 38.1 Å². The van der Waals surface area contributed by atoms with Crippen molar-refractivity contribution >= 4 is 5.91 Å². The standard InChI is InChI=1S/C20H29NO3/c1-15(2)17-6-3-16(4-7-17)5-8-19(22)21-11-9-18(10-12-21)20-23-13-14-24-20/h3-4,6-7,15,18,20H,5,8-14H2,1-2H3. The van der Waals surface area contributed by atoms with Crippen LogP contribution in [0.2, 0.25) is 0 Å². The van der Waals surface area contributed by atoms with E-state index in [-0.39, 0.29) is 12.2 Å². The average Bonchev–Trinajstić information content (AvgIpc) is 3.15. The van der Waals surface area contributed by atoms with Gasteiger partial charge in [0.15, 0.2) is 6.29 Å². The second kappa shape index (κ2) is 8.13. The lowest BCUT2D eigenvalue weighted by Crippen LogP contribution is -2.41. The molecule has 0 N–H and O–H groups in total. The fourth-order valence-corrected chi connectivity index (χ4v) is 3.55. The quantitative estimate of drug-likeness (QED) is 0.830. The van der Waals surface area contributed by atoms with Crippen molar-refractivity contribution in [3.8, 4) is 0 Å². The number of aryl methyl sites for hydroxylation is 1. The molecule has 2 heterocycles. The van der Waals surface area contributed by atoms with Crippen molar-refractivity contribution in [2.75, 3.05) is 26.3 Å². The van der Waals surface area contributed by atoms with E-state index in [0.29, 0.717) is 31.5 Å². The first-order chi connectivity index (χ1) is 11.6. The third-order valence-electron chi connectivity index (χ3n) is 5.20. The summed E-state index contributed by atoms with van der Waals surface area (Å²) in [5.41, 5.74) is 2.60. The summed E-state index contributed by atoms with van der Waals surface area (Å²) in [5, 5.41) is 0. The minimum Gasteiger partial charge on any atom is -0.350 e. The van der Waals surface area contributed by atoms with Crippen molar-refractivity contribution in [2.45, 2.75) is 51.7 Å². The lowest BCUT2D eigenvalue weighted by Gasteiger charge is -2.34. The minimum atomic E-state index is -0.0401. The normalized spacial score (nSPS) is 20.0. The lowest BCUT2D eigenvalue weighted by molar-refractivity contribution is -0.136. The van der Waals surface area contributed by atoms with Crippen molar-refractivity contribution in [1.29, 1.82) is 0 Å². The molecule has 0 spiro atoms. The van der Waals surface area contributed by atoms with Crippen molar-refractivity contribution in [2.24, 2.45) is 5.92 Å². The Kier molecular flexibility index (Phi) is 5.90. The summed E-state index contributed by atoms with van der Waals surface area (Å²) in [6.45, 7) is 7.48. The summed E-state index contributed by atoms with van der Waals surface area (Å²) >= 11 is 0. The van der Waals surface area contributed by atoms with Gasteiger partial charge in [-0.25, -0.2) is 0 Å². The summed E-state index contributed by atoms with van der Waals surface area (Å²) in [7, 11) is 0. The zero-order chi connectivity index (χ0) is 16.9. The van der Waals surface area contributed by atoms with E-state index in [1.54, 1.807) is 0 Å². The number of nitrogens with zero attached hydrogens (tertiary/aromatic N) is 1. The Hall–Kier alpha value is -1.39. The van der Waals surface area contributed by atoms with Crippen LogP contribution in [0.1, 0.15) is 50.2 Å². The van der Waals surface area contributed by atoms with Crippen molar-refractivity contribution < 1.29 is 14.3 Å². The summed E-state index contributed by atoms with van der Waals surface area (Å²) in [5.74, 6) is 1.27. The Morgan fingerprint density at radius 1 is 1.12 bits per heavy atom. The lowest BCUT2D eigenvalue weighted by atomic mass is 9.95. The van der Waals surface area contributed by atoms with Crippen LogP contribution in [0.5, 0.6) is 0 Å². The molecule has 0 saturated carbocycles. The van der Waals surface area contributed by atoms with E-state index in [1.807, 2.05) is 4.90 Å². The predicted octanol–water partition coefficient (Wildman–Crippen LogP) is 3.35. The van der Waals surface area contributed by atoms with Gasteiger partial charge in [0, 0.05) is 25.4 Å². The molecule has 132 valence electrons. The first kappa shape index (κ1) is 17.4. The van der Waals surface area contributed by atoms with Crippen LogP contribution in [0.3, 0.4) is 0 Å². The number of ether oxygens (including phenoxy) is 2. The molecule has 0 aromatic heterocycles. The van der Waals surface area contributed by atoms with Crippen LogP contribution in [0, 0.1) is 5.92 Å². The van der Waals surface area contributed by atoms with Crippen LogP contribution in [-0.4, -0.2) is 43.4 Å². The van der Waals surface area contributed by atoms with E-state index in [2.05, 4.69) is 38.1 Å². The second-order valence-electron chi connectivity index (χ2n) is 7.22. The summed E-state index contributed by atoms with van der Waals surface area (Å²) < 4.78 is 11.2. The summed E-state index contributed by atoms with van der Waals surface area (Å²) in [4.78, 5) is 14.4.